The van der Waals surface area contributed by atoms with Gasteiger partial charge in [-0.15, -0.1) is 11.3 Å². The van der Waals surface area contributed by atoms with Crippen LogP contribution >= 0.6 is 11.3 Å². The van der Waals surface area contributed by atoms with E-state index in [1.54, 1.807) is 11.3 Å². The Morgan fingerprint density at radius 2 is 2.00 bits per heavy atom. The van der Waals surface area contributed by atoms with Gasteiger partial charge in [0.15, 0.2) is 5.96 Å². The average molecular weight is 331 g/mol. The standard InChI is InChI=1S/C18H26N4S/c1-5-19-18(22(4)12-17-13-23-15(3)21-17)20-11-10-16-8-6-14(2)7-9-16/h6-9,13H,5,10-12H2,1-4H3,(H,19,20). The van der Waals surface area contributed by atoms with Crippen LogP contribution < -0.4 is 5.32 Å². The smallest absolute Gasteiger partial charge is 0.194 e. The van der Waals surface area contributed by atoms with Gasteiger partial charge in [0.1, 0.15) is 0 Å². The van der Waals surface area contributed by atoms with Gasteiger partial charge in [-0.05, 0) is 32.8 Å². The molecule has 2 rings (SSSR count). The Labute approximate surface area is 143 Å². The Morgan fingerprint density at radius 3 is 2.61 bits per heavy atom. The molecule has 124 valence electrons. The number of guanidine groups is 1. The van der Waals surface area contributed by atoms with Crippen LogP contribution in [0.3, 0.4) is 0 Å². The fourth-order valence-corrected chi connectivity index (χ4v) is 2.92. The number of rotatable bonds is 6. The van der Waals surface area contributed by atoms with Crippen molar-refractivity contribution >= 4 is 17.3 Å². The van der Waals surface area contributed by atoms with Crippen molar-refractivity contribution in [2.24, 2.45) is 4.99 Å². The molecular formula is C18H26N4S. The van der Waals surface area contributed by atoms with Gasteiger partial charge in [0, 0.05) is 25.5 Å². The summed E-state index contributed by atoms with van der Waals surface area (Å²) in [6.45, 7) is 8.67. The van der Waals surface area contributed by atoms with Crippen molar-refractivity contribution < 1.29 is 0 Å². The Morgan fingerprint density at radius 1 is 1.26 bits per heavy atom. The quantitative estimate of drug-likeness (QED) is 0.652. The molecule has 0 aliphatic carbocycles. The number of benzene rings is 1. The van der Waals surface area contributed by atoms with Crippen LogP contribution in [0.5, 0.6) is 0 Å². The first kappa shape index (κ1) is 17.5. The molecule has 0 bridgehead atoms. The summed E-state index contributed by atoms with van der Waals surface area (Å²) in [5, 5.41) is 6.58. The molecule has 4 nitrogen and oxygen atoms in total. The maximum Gasteiger partial charge on any atom is 0.194 e. The molecule has 1 heterocycles. The van der Waals surface area contributed by atoms with Gasteiger partial charge in [0.25, 0.3) is 0 Å². The molecule has 1 aromatic heterocycles. The maximum absolute atomic E-state index is 4.74. The highest BCUT2D eigenvalue weighted by molar-refractivity contribution is 7.09. The first-order valence-corrected chi connectivity index (χ1v) is 8.92. The Balaban J connectivity index is 1.94. The summed E-state index contributed by atoms with van der Waals surface area (Å²) in [6, 6.07) is 8.67. The van der Waals surface area contributed by atoms with Crippen molar-refractivity contribution in [2.75, 3.05) is 20.1 Å². The molecule has 1 aromatic carbocycles. The molecule has 0 saturated carbocycles. The fourth-order valence-electron chi connectivity index (χ4n) is 2.31. The van der Waals surface area contributed by atoms with Crippen molar-refractivity contribution in [3.8, 4) is 0 Å². The van der Waals surface area contributed by atoms with E-state index in [9.17, 15) is 0 Å². The van der Waals surface area contributed by atoms with Crippen molar-refractivity contribution in [3.63, 3.8) is 0 Å². The highest BCUT2D eigenvalue weighted by Gasteiger charge is 2.08. The highest BCUT2D eigenvalue weighted by Crippen LogP contribution is 2.10. The number of hydrogen-bond acceptors (Lipinski definition) is 3. The normalized spacial score (nSPS) is 11.6. The lowest BCUT2D eigenvalue weighted by Crippen LogP contribution is -2.38. The lowest BCUT2D eigenvalue weighted by atomic mass is 10.1. The topological polar surface area (TPSA) is 40.5 Å². The molecule has 5 heteroatoms. The van der Waals surface area contributed by atoms with Crippen LogP contribution in [0.15, 0.2) is 34.6 Å². The monoisotopic (exact) mass is 330 g/mol. The number of aromatic nitrogens is 1. The number of hydrogen-bond donors (Lipinski definition) is 1. The molecule has 0 aliphatic rings. The zero-order valence-electron chi connectivity index (χ0n) is 14.5. The summed E-state index contributed by atoms with van der Waals surface area (Å²) in [7, 11) is 2.06. The van der Waals surface area contributed by atoms with Gasteiger partial charge in [-0.1, -0.05) is 29.8 Å². The predicted molar refractivity (Wildman–Crippen MR) is 99.2 cm³/mol. The van der Waals surface area contributed by atoms with E-state index < -0.39 is 0 Å². The van der Waals surface area contributed by atoms with E-state index >= 15 is 0 Å². The van der Waals surface area contributed by atoms with Crippen LogP contribution in [0.1, 0.15) is 28.8 Å². The minimum Gasteiger partial charge on any atom is -0.357 e. The van der Waals surface area contributed by atoms with Crippen LogP contribution in [0.2, 0.25) is 0 Å². The largest absolute Gasteiger partial charge is 0.357 e. The van der Waals surface area contributed by atoms with Gasteiger partial charge in [-0.25, -0.2) is 4.98 Å². The molecule has 0 saturated heterocycles. The maximum atomic E-state index is 4.74. The first-order valence-electron chi connectivity index (χ1n) is 8.04. The summed E-state index contributed by atoms with van der Waals surface area (Å²) in [6.07, 6.45) is 0.957. The molecule has 0 spiro atoms. The van der Waals surface area contributed by atoms with Gasteiger partial charge >= 0.3 is 0 Å². The molecule has 0 fully saturated rings. The molecule has 0 amide bonds. The lowest BCUT2D eigenvalue weighted by Gasteiger charge is -2.21. The third kappa shape index (κ3) is 5.67. The minimum absolute atomic E-state index is 0.778. The third-order valence-electron chi connectivity index (χ3n) is 3.54. The van der Waals surface area contributed by atoms with E-state index in [1.807, 2.05) is 6.92 Å². The predicted octanol–water partition coefficient (Wildman–Crippen LogP) is 3.40. The summed E-state index contributed by atoms with van der Waals surface area (Å²) < 4.78 is 0. The Bertz CT molecular complexity index is 631. The van der Waals surface area contributed by atoms with Crippen LogP contribution in [0.4, 0.5) is 0 Å². The summed E-state index contributed by atoms with van der Waals surface area (Å²) in [5.41, 5.74) is 3.72. The molecule has 0 unspecified atom stereocenters. The molecule has 1 N–H and O–H groups in total. The number of thiazole rings is 1. The van der Waals surface area contributed by atoms with Gasteiger partial charge in [0.05, 0.1) is 17.2 Å². The van der Waals surface area contributed by atoms with Gasteiger partial charge in [0.2, 0.25) is 0 Å². The van der Waals surface area contributed by atoms with E-state index in [2.05, 4.69) is 65.7 Å². The molecule has 0 atom stereocenters. The summed E-state index contributed by atoms with van der Waals surface area (Å²) in [4.78, 5) is 11.4. The van der Waals surface area contributed by atoms with E-state index in [1.165, 1.54) is 11.1 Å². The second kappa shape index (κ2) is 8.67. The van der Waals surface area contributed by atoms with Crippen molar-refractivity contribution in [3.05, 3.63) is 51.5 Å². The second-order valence-electron chi connectivity index (χ2n) is 5.69. The Kier molecular flexibility index (Phi) is 6.59. The van der Waals surface area contributed by atoms with Gasteiger partial charge < -0.3 is 10.2 Å². The zero-order valence-corrected chi connectivity index (χ0v) is 15.3. The zero-order chi connectivity index (χ0) is 16.7. The van der Waals surface area contributed by atoms with Crippen molar-refractivity contribution in [2.45, 2.75) is 33.7 Å². The molecule has 0 aliphatic heterocycles. The van der Waals surface area contributed by atoms with Crippen LogP contribution in [-0.2, 0) is 13.0 Å². The summed E-state index contributed by atoms with van der Waals surface area (Å²) >= 11 is 1.69. The second-order valence-corrected chi connectivity index (χ2v) is 6.75. The number of nitrogens with one attached hydrogen (secondary N) is 1. The SMILES string of the molecule is CCNC(=NCCc1ccc(C)cc1)N(C)Cc1csc(C)n1. The molecule has 2 aromatic rings. The van der Waals surface area contributed by atoms with Crippen LogP contribution in [0, 0.1) is 13.8 Å². The number of aliphatic imine (C=N–C) groups is 1. The molecule has 23 heavy (non-hydrogen) atoms. The van der Waals surface area contributed by atoms with E-state index in [0.29, 0.717) is 0 Å². The number of nitrogens with zero attached hydrogens (tertiary/aromatic N) is 3. The number of aryl methyl sites for hydroxylation is 2. The highest BCUT2D eigenvalue weighted by atomic mass is 32.1. The van der Waals surface area contributed by atoms with Crippen molar-refractivity contribution in [1.29, 1.82) is 0 Å². The lowest BCUT2D eigenvalue weighted by molar-refractivity contribution is 0.471. The summed E-state index contributed by atoms with van der Waals surface area (Å²) in [5.74, 6) is 0.935. The van der Waals surface area contributed by atoms with Gasteiger partial charge in [-0.2, -0.15) is 0 Å². The Hall–Kier alpha value is -1.88. The van der Waals surface area contributed by atoms with E-state index in [4.69, 9.17) is 4.99 Å². The van der Waals surface area contributed by atoms with Crippen molar-refractivity contribution in [1.82, 2.24) is 15.2 Å². The van der Waals surface area contributed by atoms with Gasteiger partial charge in [-0.3, -0.25) is 4.99 Å². The first-order chi connectivity index (χ1) is 11.1. The average Bonchev–Trinajstić information content (AvgIpc) is 2.93. The van der Waals surface area contributed by atoms with E-state index in [-0.39, 0.29) is 0 Å². The fraction of sp³-hybridized carbons (Fsp3) is 0.444. The minimum atomic E-state index is 0.778. The van der Waals surface area contributed by atoms with E-state index in [0.717, 1.165) is 42.7 Å². The molecular weight excluding hydrogens is 304 g/mol. The van der Waals surface area contributed by atoms with Crippen LogP contribution in [0.25, 0.3) is 0 Å². The van der Waals surface area contributed by atoms with Crippen LogP contribution in [-0.4, -0.2) is 36.0 Å². The molecule has 0 radical (unpaired) electrons. The third-order valence-corrected chi connectivity index (χ3v) is 4.37.